The molecule has 3 aliphatic heterocycles. The van der Waals surface area contributed by atoms with Crippen molar-refractivity contribution < 1.29 is 84.6 Å². The molecule has 382 valence electrons. The third-order valence-electron chi connectivity index (χ3n) is 19.0. The van der Waals surface area contributed by atoms with Crippen molar-refractivity contribution in [2.24, 2.45) is 51.2 Å². The Labute approximate surface area is 390 Å². The Morgan fingerprint density at radius 1 is 0.682 bits per heavy atom. The number of aliphatic hydroxyl groups excluding tert-OH is 10. The van der Waals surface area contributed by atoms with E-state index in [0.29, 0.717) is 24.2 Å². The molecular weight excluding hydrogens is 861 g/mol. The zero-order valence-corrected chi connectivity index (χ0v) is 40.6. The lowest BCUT2D eigenvalue weighted by atomic mass is 9.39. The maximum atomic E-state index is 11.4. The first-order valence-corrected chi connectivity index (χ1v) is 24.7. The highest BCUT2D eigenvalue weighted by Crippen LogP contribution is 2.75. The average molecular weight is 945 g/mol. The second-order valence-electron chi connectivity index (χ2n) is 23.4. The van der Waals surface area contributed by atoms with Crippen LogP contribution in [0.2, 0.25) is 0 Å². The predicted octanol–water partition coefficient (Wildman–Crippen LogP) is 1.25. The first kappa shape index (κ1) is 52.9. The SMILES string of the molecule is C[C@@H]1[C@@H](O)[C@H](OC[C@H]2O[C@@H](O[C@H](CC[C@@H](C)C3CC[C@@]4(C)C5CC=C6C(CC[C@H](O[C@@H]7O[C@H](CO)[C@@H](O)[C@H](O)[C@H]7O)C6(C)C)[C@]5(C)CC[C@]34C)C(C)(C)O)[C@H](O)[C@@H](O)[C@@H]2O)O[C@H](CO)[C@H]1O. The number of hydrogen-bond acceptors (Lipinski definition) is 17. The van der Waals surface area contributed by atoms with Crippen LogP contribution < -0.4 is 0 Å². The van der Waals surface area contributed by atoms with Gasteiger partial charge in [0.1, 0.15) is 61.0 Å². The number of aliphatic hydroxyl groups is 11. The van der Waals surface area contributed by atoms with Crippen LogP contribution >= 0.6 is 0 Å². The number of hydrogen-bond donors (Lipinski definition) is 11. The van der Waals surface area contributed by atoms with E-state index in [1.165, 1.54) is 5.57 Å². The van der Waals surface area contributed by atoms with E-state index < -0.39 is 122 Å². The summed E-state index contributed by atoms with van der Waals surface area (Å²) in [6.45, 7) is 17.6. The third-order valence-corrected chi connectivity index (χ3v) is 19.0. The molecule has 17 nitrogen and oxygen atoms in total. The van der Waals surface area contributed by atoms with E-state index in [1.807, 2.05) is 0 Å². The Morgan fingerprint density at radius 2 is 1.27 bits per heavy atom. The van der Waals surface area contributed by atoms with Crippen molar-refractivity contribution in [1.29, 1.82) is 0 Å². The molecule has 24 atom stereocenters. The van der Waals surface area contributed by atoms with E-state index in [9.17, 15) is 56.2 Å². The summed E-state index contributed by atoms with van der Waals surface area (Å²) < 4.78 is 35.9. The van der Waals surface area contributed by atoms with E-state index >= 15 is 0 Å². The Morgan fingerprint density at radius 3 is 1.91 bits per heavy atom. The maximum absolute atomic E-state index is 11.4. The summed E-state index contributed by atoms with van der Waals surface area (Å²) >= 11 is 0. The molecule has 0 aromatic carbocycles. The van der Waals surface area contributed by atoms with Gasteiger partial charge in [0.15, 0.2) is 18.9 Å². The lowest BCUT2D eigenvalue weighted by molar-refractivity contribution is -0.338. The first-order valence-electron chi connectivity index (χ1n) is 24.7. The normalized spacial score (nSPS) is 50.4. The fourth-order valence-corrected chi connectivity index (χ4v) is 14.3. The second kappa shape index (κ2) is 19.6. The summed E-state index contributed by atoms with van der Waals surface area (Å²) in [5.74, 6) is 0.765. The van der Waals surface area contributed by atoms with Crippen LogP contribution in [0.3, 0.4) is 0 Å². The van der Waals surface area contributed by atoms with Crippen molar-refractivity contribution >= 4 is 0 Å². The van der Waals surface area contributed by atoms with Crippen LogP contribution in [0.4, 0.5) is 0 Å². The largest absolute Gasteiger partial charge is 0.394 e. The summed E-state index contributed by atoms with van der Waals surface area (Å²) in [5, 5.41) is 116. The molecule has 17 heteroatoms. The minimum atomic E-state index is -1.67. The van der Waals surface area contributed by atoms with Crippen molar-refractivity contribution in [1.82, 2.24) is 0 Å². The smallest absolute Gasteiger partial charge is 0.187 e. The predicted molar refractivity (Wildman–Crippen MR) is 237 cm³/mol. The van der Waals surface area contributed by atoms with Gasteiger partial charge in [0.25, 0.3) is 0 Å². The van der Waals surface area contributed by atoms with Crippen LogP contribution in [-0.4, -0.2) is 180 Å². The van der Waals surface area contributed by atoms with Gasteiger partial charge in [-0.05, 0) is 112 Å². The summed E-state index contributed by atoms with van der Waals surface area (Å²) in [4.78, 5) is 0. The molecule has 7 rings (SSSR count). The Hall–Kier alpha value is -0.940. The molecule has 11 N–H and O–H groups in total. The van der Waals surface area contributed by atoms with E-state index in [1.54, 1.807) is 20.8 Å². The van der Waals surface area contributed by atoms with Crippen molar-refractivity contribution in [3.8, 4) is 0 Å². The molecule has 0 aromatic rings. The van der Waals surface area contributed by atoms with E-state index in [2.05, 4.69) is 47.6 Å². The number of fused-ring (bicyclic) bond motifs is 5. The Balaban J connectivity index is 0.997. The van der Waals surface area contributed by atoms with Crippen LogP contribution in [0.1, 0.15) is 120 Å². The minimum Gasteiger partial charge on any atom is -0.394 e. The van der Waals surface area contributed by atoms with Crippen LogP contribution in [0.5, 0.6) is 0 Å². The quantitative estimate of drug-likeness (QED) is 0.109. The van der Waals surface area contributed by atoms with Crippen LogP contribution in [0.15, 0.2) is 11.6 Å². The van der Waals surface area contributed by atoms with Gasteiger partial charge in [-0.25, -0.2) is 0 Å². The first-order chi connectivity index (χ1) is 30.8. The highest BCUT2D eigenvalue weighted by atomic mass is 16.7. The van der Waals surface area contributed by atoms with Gasteiger partial charge >= 0.3 is 0 Å². The van der Waals surface area contributed by atoms with E-state index in [-0.39, 0.29) is 34.9 Å². The Kier molecular flexibility index (Phi) is 15.7. The molecule has 66 heavy (non-hydrogen) atoms. The van der Waals surface area contributed by atoms with Gasteiger partial charge in [0.05, 0.1) is 43.7 Å². The fraction of sp³-hybridized carbons (Fsp3) is 0.959. The monoisotopic (exact) mass is 945 g/mol. The highest BCUT2D eigenvalue weighted by Gasteiger charge is 2.67. The molecule has 0 bridgehead atoms. The molecule has 3 unspecified atom stereocenters. The molecular formula is C49H84O17. The van der Waals surface area contributed by atoms with Crippen molar-refractivity contribution in [3.05, 3.63) is 11.6 Å². The van der Waals surface area contributed by atoms with Gasteiger partial charge in [-0.2, -0.15) is 0 Å². The lowest BCUT2D eigenvalue weighted by Crippen LogP contribution is -2.61. The topological polar surface area (TPSA) is 278 Å². The maximum Gasteiger partial charge on any atom is 0.187 e. The van der Waals surface area contributed by atoms with Gasteiger partial charge in [-0.1, -0.05) is 60.1 Å². The molecule has 3 saturated heterocycles. The molecule has 7 aliphatic rings. The molecule has 4 aliphatic carbocycles. The van der Waals surface area contributed by atoms with E-state index in [4.69, 9.17) is 28.4 Å². The third kappa shape index (κ3) is 9.13. The van der Waals surface area contributed by atoms with Gasteiger partial charge in [-0.3, -0.25) is 0 Å². The second-order valence-corrected chi connectivity index (χ2v) is 23.4. The number of allylic oxidation sites excluding steroid dienone is 1. The number of ether oxygens (including phenoxy) is 6. The van der Waals surface area contributed by atoms with Crippen LogP contribution in [0, 0.1) is 51.2 Å². The zero-order valence-electron chi connectivity index (χ0n) is 40.6. The summed E-state index contributed by atoms with van der Waals surface area (Å²) in [6.07, 6.45) is -9.43. The summed E-state index contributed by atoms with van der Waals surface area (Å²) in [7, 11) is 0. The number of rotatable bonds is 14. The minimum absolute atomic E-state index is 0.0464. The molecule has 0 amide bonds. The molecule has 3 heterocycles. The zero-order chi connectivity index (χ0) is 48.6. The van der Waals surface area contributed by atoms with Gasteiger partial charge < -0.3 is 84.6 Å². The Bertz CT molecular complexity index is 1670. The summed E-state index contributed by atoms with van der Waals surface area (Å²) in [6, 6.07) is 0. The van der Waals surface area contributed by atoms with Gasteiger partial charge in [0.2, 0.25) is 0 Å². The highest BCUT2D eigenvalue weighted by molar-refractivity contribution is 5.30. The standard InChI is InChI=1S/C49H84O17/c1-23(10-14-33(46(5,6)60)66-44-41(59)39(57)37(55)30(64-44)22-61-42-35(53)24(2)34(52)28(20-50)62-42)25-16-17-49(9)31-13-11-26-27(47(31,7)18-19-48(25,49)8)12-15-32(45(26,3)4)65-43-40(58)38(56)36(54)29(21-51)63-43/h11,23-25,27-44,50-60H,10,12-22H2,1-9H3/t23-,24+,25?,27?,28-,29-,30-,31?,32+,33-,34+,35-,36-,37-,38+,39+,40-,41-,42-,43+,44+,47+,48-,49+/m1/s1. The molecule has 6 fully saturated rings. The molecule has 0 aromatic heterocycles. The van der Waals surface area contributed by atoms with Crippen LogP contribution in [-0.2, 0) is 28.4 Å². The molecule has 3 saturated carbocycles. The summed E-state index contributed by atoms with van der Waals surface area (Å²) in [5.41, 5.74) is -0.237. The van der Waals surface area contributed by atoms with Gasteiger partial charge in [-0.15, -0.1) is 0 Å². The average Bonchev–Trinajstić information content (AvgIpc) is 3.55. The molecule has 0 radical (unpaired) electrons. The fourth-order valence-electron chi connectivity index (χ4n) is 14.3. The molecule has 0 spiro atoms. The van der Waals surface area contributed by atoms with Crippen molar-refractivity contribution in [2.75, 3.05) is 19.8 Å². The van der Waals surface area contributed by atoms with Crippen molar-refractivity contribution in [2.45, 2.75) is 224 Å². The van der Waals surface area contributed by atoms with Crippen LogP contribution in [0.25, 0.3) is 0 Å². The van der Waals surface area contributed by atoms with E-state index in [0.717, 1.165) is 51.4 Å². The van der Waals surface area contributed by atoms with Gasteiger partial charge in [0, 0.05) is 11.3 Å². The lowest BCUT2D eigenvalue weighted by Gasteiger charge is -2.66. The van der Waals surface area contributed by atoms with Crippen molar-refractivity contribution in [3.63, 3.8) is 0 Å².